The molecule has 0 unspecified atom stereocenters. The van der Waals surface area contributed by atoms with Gasteiger partial charge in [0.2, 0.25) is 0 Å². The van der Waals surface area contributed by atoms with Crippen molar-refractivity contribution in [2.24, 2.45) is 7.05 Å². The molecule has 0 aliphatic rings. The zero-order valence-corrected chi connectivity index (χ0v) is 15.3. The lowest BCUT2D eigenvalue weighted by atomic mass is 10.1. The normalized spacial score (nSPS) is 10.8. The summed E-state index contributed by atoms with van der Waals surface area (Å²) in [6.07, 6.45) is 1.64. The standard InChI is InChI=1S/C17H18BrN5O/c1-22(2)15-8-11(12-6-4-5-7-13(12)21-15)9-19-14-10-20-23(3)17(24)16(14)18/h4-8,10,19H,9H2,1-3H3. The third kappa shape index (κ3) is 3.12. The maximum Gasteiger partial charge on any atom is 0.282 e. The van der Waals surface area contributed by atoms with E-state index in [-0.39, 0.29) is 5.56 Å². The van der Waals surface area contributed by atoms with E-state index in [1.807, 2.05) is 37.2 Å². The van der Waals surface area contributed by atoms with Gasteiger partial charge in [0.05, 0.1) is 17.4 Å². The summed E-state index contributed by atoms with van der Waals surface area (Å²) in [6.45, 7) is 0.567. The Kier molecular flexibility index (Phi) is 4.53. The minimum Gasteiger partial charge on any atom is -0.379 e. The highest BCUT2D eigenvalue weighted by Crippen LogP contribution is 2.24. The minimum absolute atomic E-state index is 0.173. The van der Waals surface area contributed by atoms with Crippen molar-refractivity contribution in [1.82, 2.24) is 14.8 Å². The van der Waals surface area contributed by atoms with Gasteiger partial charge in [-0.3, -0.25) is 4.79 Å². The van der Waals surface area contributed by atoms with Crippen molar-refractivity contribution in [3.63, 3.8) is 0 Å². The van der Waals surface area contributed by atoms with E-state index in [2.05, 4.69) is 43.5 Å². The lowest BCUT2D eigenvalue weighted by Gasteiger charge is -2.16. The number of halogens is 1. The minimum atomic E-state index is -0.173. The molecule has 0 aliphatic carbocycles. The molecule has 0 amide bonds. The van der Waals surface area contributed by atoms with Crippen LogP contribution in [0.3, 0.4) is 0 Å². The third-order valence-electron chi connectivity index (χ3n) is 3.79. The first-order valence-corrected chi connectivity index (χ1v) is 8.28. The van der Waals surface area contributed by atoms with Crippen LogP contribution in [0.1, 0.15) is 5.56 Å². The van der Waals surface area contributed by atoms with Gasteiger partial charge < -0.3 is 10.2 Å². The molecule has 1 aromatic carbocycles. The van der Waals surface area contributed by atoms with E-state index in [1.54, 1.807) is 13.2 Å². The summed E-state index contributed by atoms with van der Waals surface area (Å²) >= 11 is 3.34. The summed E-state index contributed by atoms with van der Waals surface area (Å²) < 4.78 is 1.77. The molecule has 0 saturated heterocycles. The van der Waals surface area contributed by atoms with Crippen LogP contribution in [0.25, 0.3) is 10.9 Å². The van der Waals surface area contributed by atoms with E-state index in [0.29, 0.717) is 16.7 Å². The average molecular weight is 388 g/mol. The Morgan fingerprint density at radius 2 is 2.04 bits per heavy atom. The summed E-state index contributed by atoms with van der Waals surface area (Å²) in [4.78, 5) is 18.6. The van der Waals surface area contributed by atoms with E-state index < -0.39 is 0 Å². The molecule has 1 N–H and O–H groups in total. The summed E-state index contributed by atoms with van der Waals surface area (Å²) in [5, 5.41) is 8.42. The molecule has 6 nitrogen and oxygen atoms in total. The lowest BCUT2D eigenvalue weighted by Crippen LogP contribution is -2.21. The number of hydrogen-bond acceptors (Lipinski definition) is 5. The van der Waals surface area contributed by atoms with Gasteiger partial charge in [0, 0.05) is 33.1 Å². The number of para-hydroxylation sites is 1. The van der Waals surface area contributed by atoms with Crippen molar-refractivity contribution in [3.8, 4) is 0 Å². The maximum absolute atomic E-state index is 12.0. The number of rotatable bonds is 4. The summed E-state index contributed by atoms with van der Waals surface area (Å²) in [6, 6.07) is 10.1. The molecule has 0 fully saturated rings. The molecular weight excluding hydrogens is 370 g/mol. The Labute approximate surface area is 148 Å². The van der Waals surface area contributed by atoms with Crippen LogP contribution in [0, 0.1) is 0 Å². The third-order valence-corrected chi connectivity index (χ3v) is 4.56. The fraction of sp³-hybridized carbons (Fsp3) is 0.235. The van der Waals surface area contributed by atoms with Crippen LogP contribution in [-0.2, 0) is 13.6 Å². The number of aryl methyl sites for hydroxylation is 1. The highest BCUT2D eigenvalue weighted by molar-refractivity contribution is 9.10. The molecule has 24 heavy (non-hydrogen) atoms. The van der Waals surface area contributed by atoms with Gasteiger partial charge >= 0.3 is 0 Å². The number of hydrogen-bond donors (Lipinski definition) is 1. The van der Waals surface area contributed by atoms with Crippen LogP contribution in [0.15, 0.2) is 45.8 Å². The zero-order valence-electron chi connectivity index (χ0n) is 13.7. The molecule has 0 saturated carbocycles. The van der Waals surface area contributed by atoms with Crippen LogP contribution in [0.5, 0.6) is 0 Å². The van der Waals surface area contributed by atoms with Crippen molar-refractivity contribution in [2.45, 2.75) is 6.54 Å². The molecule has 7 heteroatoms. The number of nitrogens with zero attached hydrogens (tertiary/aromatic N) is 4. The Bertz CT molecular complexity index is 951. The van der Waals surface area contributed by atoms with Crippen molar-refractivity contribution in [3.05, 3.63) is 56.9 Å². The second kappa shape index (κ2) is 6.60. The molecule has 2 aromatic heterocycles. The number of nitrogens with one attached hydrogen (secondary N) is 1. The molecule has 2 heterocycles. The number of aromatic nitrogens is 3. The monoisotopic (exact) mass is 387 g/mol. The van der Waals surface area contributed by atoms with Crippen molar-refractivity contribution < 1.29 is 0 Å². The van der Waals surface area contributed by atoms with Crippen LogP contribution in [0.4, 0.5) is 11.5 Å². The molecule has 0 spiro atoms. The van der Waals surface area contributed by atoms with Crippen LogP contribution in [-0.4, -0.2) is 28.9 Å². The Morgan fingerprint density at radius 1 is 1.29 bits per heavy atom. The first kappa shape index (κ1) is 16.4. The Morgan fingerprint density at radius 3 is 2.79 bits per heavy atom. The molecule has 0 aliphatic heterocycles. The molecule has 3 aromatic rings. The summed E-state index contributed by atoms with van der Waals surface area (Å²) in [5.41, 5.74) is 2.55. The number of fused-ring (bicyclic) bond motifs is 1. The smallest absolute Gasteiger partial charge is 0.282 e. The molecule has 0 radical (unpaired) electrons. The predicted molar refractivity (Wildman–Crippen MR) is 101 cm³/mol. The average Bonchev–Trinajstić information content (AvgIpc) is 2.58. The highest BCUT2D eigenvalue weighted by Gasteiger charge is 2.10. The Hall–Kier alpha value is -2.41. The van der Waals surface area contributed by atoms with Gasteiger partial charge in [-0.05, 0) is 33.6 Å². The lowest BCUT2D eigenvalue weighted by molar-refractivity contribution is 0.703. The molecule has 0 atom stereocenters. The quantitative estimate of drug-likeness (QED) is 0.745. The first-order chi connectivity index (χ1) is 11.5. The van der Waals surface area contributed by atoms with Gasteiger partial charge in [-0.2, -0.15) is 5.10 Å². The first-order valence-electron chi connectivity index (χ1n) is 7.49. The molecule has 124 valence electrons. The largest absolute Gasteiger partial charge is 0.379 e. The van der Waals surface area contributed by atoms with Crippen molar-refractivity contribution in [1.29, 1.82) is 0 Å². The SMILES string of the molecule is CN(C)c1cc(CNc2cnn(C)c(=O)c2Br)c2ccccc2n1. The van der Waals surface area contributed by atoms with E-state index in [4.69, 9.17) is 0 Å². The zero-order chi connectivity index (χ0) is 17.3. The fourth-order valence-electron chi connectivity index (χ4n) is 2.43. The van der Waals surface area contributed by atoms with E-state index in [9.17, 15) is 4.79 Å². The van der Waals surface area contributed by atoms with E-state index in [1.165, 1.54) is 4.68 Å². The van der Waals surface area contributed by atoms with Gasteiger partial charge in [-0.15, -0.1) is 0 Å². The molecule has 0 bridgehead atoms. The molecule has 3 rings (SSSR count). The summed E-state index contributed by atoms with van der Waals surface area (Å²) in [5.74, 6) is 0.895. The number of anilines is 2. The molecular formula is C17H18BrN5O. The van der Waals surface area contributed by atoms with Gasteiger partial charge in [-0.1, -0.05) is 18.2 Å². The van der Waals surface area contributed by atoms with E-state index in [0.717, 1.165) is 22.3 Å². The number of pyridine rings is 1. The predicted octanol–water partition coefficient (Wildman–Crippen LogP) is 2.77. The van der Waals surface area contributed by atoms with Gasteiger partial charge in [0.1, 0.15) is 10.3 Å². The van der Waals surface area contributed by atoms with Gasteiger partial charge in [-0.25, -0.2) is 9.67 Å². The van der Waals surface area contributed by atoms with Crippen molar-refractivity contribution >= 4 is 38.3 Å². The number of benzene rings is 1. The van der Waals surface area contributed by atoms with Crippen LogP contribution in [0.2, 0.25) is 0 Å². The van der Waals surface area contributed by atoms with E-state index >= 15 is 0 Å². The van der Waals surface area contributed by atoms with Crippen LogP contribution >= 0.6 is 15.9 Å². The fourth-order valence-corrected chi connectivity index (χ4v) is 2.93. The maximum atomic E-state index is 12.0. The van der Waals surface area contributed by atoms with Crippen LogP contribution < -0.4 is 15.8 Å². The van der Waals surface area contributed by atoms with Crippen molar-refractivity contribution in [2.75, 3.05) is 24.3 Å². The topological polar surface area (TPSA) is 63.1 Å². The highest BCUT2D eigenvalue weighted by atomic mass is 79.9. The Balaban J connectivity index is 1.98. The summed E-state index contributed by atoms with van der Waals surface area (Å²) in [7, 11) is 5.56. The van der Waals surface area contributed by atoms with Gasteiger partial charge in [0.25, 0.3) is 5.56 Å². The second-order valence-corrected chi connectivity index (χ2v) is 6.50. The second-order valence-electron chi connectivity index (χ2n) is 5.71. The van der Waals surface area contributed by atoms with Gasteiger partial charge in [0.15, 0.2) is 0 Å².